The lowest BCUT2D eigenvalue weighted by Crippen LogP contribution is -2.36. The first-order chi connectivity index (χ1) is 7.97. The van der Waals surface area contributed by atoms with Crippen LogP contribution in [0.5, 0.6) is 5.75 Å². The van der Waals surface area contributed by atoms with E-state index in [4.69, 9.17) is 4.74 Å². The van der Waals surface area contributed by atoms with Crippen LogP contribution < -0.4 is 10.1 Å². The molecular formula is C14H22BrNO. The predicted molar refractivity (Wildman–Crippen MR) is 76.6 cm³/mol. The third-order valence-corrected chi connectivity index (χ3v) is 2.78. The maximum Gasteiger partial charge on any atom is 0.120 e. The standard InChI is InChI=1S/C14H22BrNO/c1-14(2,3)16-9-4-5-10-17-13-8-6-7-12(15)11-13/h6-8,11,16H,4-5,9-10H2,1-3H3. The molecule has 3 heteroatoms. The number of nitrogens with one attached hydrogen (secondary N) is 1. The number of unbranched alkanes of at least 4 members (excludes halogenated alkanes) is 1. The van der Waals surface area contributed by atoms with E-state index in [-0.39, 0.29) is 5.54 Å². The Morgan fingerprint density at radius 1 is 1.24 bits per heavy atom. The van der Waals surface area contributed by atoms with Gasteiger partial charge < -0.3 is 10.1 Å². The molecule has 1 aromatic carbocycles. The summed E-state index contributed by atoms with van der Waals surface area (Å²) in [5, 5.41) is 3.47. The van der Waals surface area contributed by atoms with Crippen LogP contribution in [0.3, 0.4) is 0 Å². The molecule has 0 spiro atoms. The molecule has 0 atom stereocenters. The van der Waals surface area contributed by atoms with Gasteiger partial charge in [0.25, 0.3) is 0 Å². The smallest absolute Gasteiger partial charge is 0.120 e. The van der Waals surface area contributed by atoms with E-state index >= 15 is 0 Å². The summed E-state index contributed by atoms with van der Waals surface area (Å²) in [6.45, 7) is 8.38. The molecule has 0 saturated carbocycles. The fraction of sp³-hybridized carbons (Fsp3) is 0.571. The molecule has 0 unspecified atom stereocenters. The zero-order chi connectivity index (χ0) is 12.7. The third-order valence-electron chi connectivity index (χ3n) is 2.29. The second-order valence-corrected chi connectivity index (χ2v) is 6.11. The minimum absolute atomic E-state index is 0.213. The SMILES string of the molecule is CC(C)(C)NCCCCOc1cccc(Br)c1. The molecule has 0 aliphatic rings. The number of halogens is 1. The van der Waals surface area contributed by atoms with Crippen molar-refractivity contribution < 1.29 is 4.74 Å². The highest BCUT2D eigenvalue weighted by molar-refractivity contribution is 9.10. The van der Waals surface area contributed by atoms with Gasteiger partial charge in [0, 0.05) is 10.0 Å². The fourth-order valence-corrected chi connectivity index (χ4v) is 1.82. The largest absolute Gasteiger partial charge is 0.494 e. The van der Waals surface area contributed by atoms with Gasteiger partial charge in [0.05, 0.1) is 6.61 Å². The van der Waals surface area contributed by atoms with Crippen LogP contribution in [0.2, 0.25) is 0 Å². The highest BCUT2D eigenvalue weighted by Gasteiger charge is 2.06. The van der Waals surface area contributed by atoms with Crippen LogP contribution in [0.15, 0.2) is 28.7 Å². The first-order valence-corrected chi connectivity index (χ1v) is 6.90. The van der Waals surface area contributed by atoms with E-state index in [1.165, 1.54) is 0 Å². The van der Waals surface area contributed by atoms with Gasteiger partial charge in [-0.3, -0.25) is 0 Å². The third kappa shape index (κ3) is 7.40. The molecule has 1 aromatic rings. The van der Waals surface area contributed by atoms with E-state index < -0.39 is 0 Å². The lowest BCUT2D eigenvalue weighted by molar-refractivity contribution is 0.301. The molecule has 1 N–H and O–H groups in total. The number of rotatable bonds is 6. The lowest BCUT2D eigenvalue weighted by Gasteiger charge is -2.20. The molecule has 0 saturated heterocycles. The van der Waals surface area contributed by atoms with Crippen molar-refractivity contribution in [1.82, 2.24) is 5.32 Å². The van der Waals surface area contributed by atoms with Crippen LogP contribution in [0.1, 0.15) is 33.6 Å². The van der Waals surface area contributed by atoms with Crippen LogP contribution in [0, 0.1) is 0 Å². The summed E-state index contributed by atoms with van der Waals surface area (Å²) in [5.41, 5.74) is 0.213. The molecule has 0 fully saturated rings. The van der Waals surface area contributed by atoms with Gasteiger partial charge in [0.2, 0.25) is 0 Å². The van der Waals surface area contributed by atoms with Crippen molar-refractivity contribution in [3.8, 4) is 5.75 Å². The van der Waals surface area contributed by atoms with Crippen molar-refractivity contribution in [3.63, 3.8) is 0 Å². The highest BCUT2D eigenvalue weighted by Crippen LogP contribution is 2.17. The van der Waals surface area contributed by atoms with E-state index in [1.54, 1.807) is 0 Å². The zero-order valence-corrected chi connectivity index (χ0v) is 12.5. The van der Waals surface area contributed by atoms with Gasteiger partial charge in [-0.15, -0.1) is 0 Å². The van der Waals surface area contributed by atoms with Gasteiger partial charge in [-0.05, 0) is 58.4 Å². The van der Waals surface area contributed by atoms with Crippen molar-refractivity contribution in [3.05, 3.63) is 28.7 Å². The van der Waals surface area contributed by atoms with Crippen LogP contribution in [-0.4, -0.2) is 18.7 Å². The Hall–Kier alpha value is -0.540. The Morgan fingerprint density at radius 3 is 2.65 bits per heavy atom. The van der Waals surface area contributed by atoms with Crippen LogP contribution >= 0.6 is 15.9 Å². The molecule has 2 nitrogen and oxygen atoms in total. The topological polar surface area (TPSA) is 21.3 Å². The fourth-order valence-electron chi connectivity index (χ4n) is 1.44. The Morgan fingerprint density at radius 2 is 2.00 bits per heavy atom. The molecule has 0 aliphatic carbocycles. The van der Waals surface area contributed by atoms with Crippen LogP contribution in [-0.2, 0) is 0 Å². The summed E-state index contributed by atoms with van der Waals surface area (Å²) in [4.78, 5) is 0. The molecule has 0 amide bonds. The molecule has 96 valence electrons. The Labute approximate surface area is 113 Å². The van der Waals surface area contributed by atoms with Crippen LogP contribution in [0.25, 0.3) is 0 Å². The number of ether oxygens (including phenoxy) is 1. The zero-order valence-electron chi connectivity index (χ0n) is 10.9. The van der Waals surface area contributed by atoms with E-state index in [2.05, 4.69) is 42.0 Å². The summed E-state index contributed by atoms with van der Waals surface area (Å²) in [6, 6.07) is 7.96. The van der Waals surface area contributed by atoms with Gasteiger partial charge in [-0.2, -0.15) is 0 Å². The average molecular weight is 300 g/mol. The Kier molecular flexibility index (Phi) is 6.00. The highest BCUT2D eigenvalue weighted by atomic mass is 79.9. The van der Waals surface area contributed by atoms with Crippen LogP contribution in [0.4, 0.5) is 0 Å². The minimum atomic E-state index is 0.213. The Balaban J connectivity index is 2.09. The molecule has 0 radical (unpaired) electrons. The van der Waals surface area contributed by atoms with Crippen molar-refractivity contribution in [2.24, 2.45) is 0 Å². The lowest BCUT2D eigenvalue weighted by atomic mass is 10.1. The van der Waals surface area contributed by atoms with Crippen molar-refractivity contribution >= 4 is 15.9 Å². The first kappa shape index (κ1) is 14.5. The summed E-state index contributed by atoms with van der Waals surface area (Å²) in [6.07, 6.45) is 2.22. The molecule has 0 aromatic heterocycles. The van der Waals surface area contributed by atoms with Crippen molar-refractivity contribution in [2.45, 2.75) is 39.2 Å². The minimum Gasteiger partial charge on any atom is -0.494 e. The quantitative estimate of drug-likeness (QED) is 0.802. The normalized spacial score (nSPS) is 11.5. The second-order valence-electron chi connectivity index (χ2n) is 5.19. The number of hydrogen-bond acceptors (Lipinski definition) is 2. The summed E-state index contributed by atoms with van der Waals surface area (Å²) < 4.78 is 6.72. The molecular weight excluding hydrogens is 278 g/mol. The molecule has 17 heavy (non-hydrogen) atoms. The van der Waals surface area contributed by atoms with Gasteiger partial charge in [-0.1, -0.05) is 22.0 Å². The first-order valence-electron chi connectivity index (χ1n) is 6.11. The van der Waals surface area contributed by atoms with Gasteiger partial charge in [0.1, 0.15) is 5.75 Å². The maximum absolute atomic E-state index is 5.66. The van der Waals surface area contributed by atoms with E-state index in [1.807, 2.05) is 24.3 Å². The average Bonchev–Trinajstić information content (AvgIpc) is 2.22. The van der Waals surface area contributed by atoms with Gasteiger partial charge in [-0.25, -0.2) is 0 Å². The van der Waals surface area contributed by atoms with Crippen molar-refractivity contribution in [1.29, 1.82) is 0 Å². The van der Waals surface area contributed by atoms with E-state index in [0.29, 0.717) is 0 Å². The molecule has 0 heterocycles. The Bertz CT molecular complexity index is 333. The van der Waals surface area contributed by atoms with Gasteiger partial charge in [0.15, 0.2) is 0 Å². The number of benzene rings is 1. The summed E-state index contributed by atoms with van der Waals surface area (Å²) >= 11 is 3.43. The van der Waals surface area contributed by atoms with E-state index in [9.17, 15) is 0 Å². The van der Waals surface area contributed by atoms with E-state index in [0.717, 1.165) is 36.2 Å². The summed E-state index contributed by atoms with van der Waals surface area (Å²) in [5.74, 6) is 0.933. The molecule has 0 aliphatic heterocycles. The van der Waals surface area contributed by atoms with Crippen molar-refractivity contribution in [2.75, 3.05) is 13.2 Å². The number of hydrogen-bond donors (Lipinski definition) is 1. The molecule has 1 rings (SSSR count). The maximum atomic E-state index is 5.66. The molecule has 0 bridgehead atoms. The second kappa shape index (κ2) is 7.02. The predicted octanol–water partition coefficient (Wildman–Crippen LogP) is 4.00. The summed E-state index contributed by atoms with van der Waals surface area (Å²) in [7, 11) is 0. The monoisotopic (exact) mass is 299 g/mol. The van der Waals surface area contributed by atoms with Gasteiger partial charge >= 0.3 is 0 Å².